The fraction of sp³-hybridized carbons (Fsp3) is 0.381. The smallest absolute Gasteiger partial charge is 0.255 e. The zero-order chi connectivity index (χ0) is 22.4. The van der Waals surface area contributed by atoms with Crippen LogP contribution in [-0.2, 0) is 17.1 Å². The first kappa shape index (κ1) is 22.8. The Morgan fingerprint density at radius 2 is 1.93 bits per heavy atom. The standard InChI is InChI=1S/C21H25FIN3O3S/c1-6-9-21(10-11-21)30(28,29)26(5)18-13-24(3)20(27)14(2)19(18)25(4)17-8-7-15(23)12-16(17)22/h6-8,12-13H,1,9-11H2,2-5H3. The van der Waals surface area contributed by atoms with Crippen molar-refractivity contribution < 1.29 is 12.8 Å². The highest BCUT2D eigenvalue weighted by molar-refractivity contribution is 14.1. The van der Waals surface area contributed by atoms with Crippen LogP contribution in [0.15, 0.2) is 41.8 Å². The molecule has 0 saturated heterocycles. The number of rotatable bonds is 7. The molecule has 3 rings (SSSR count). The van der Waals surface area contributed by atoms with Gasteiger partial charge in [0.1, 0.15) is 5.82 Å². The van der Waals surface area contributed by atoms with Gasteiger partial charge in [0.2, 0.25) is 10.0 Å². The quantitative estimate of drug-likeness (QED) is 0.389. The normalized spacial score (nSPS) is 15.0. The molecule has 9 heteroatoms. The van der Waals surface area contributed by atoms with Gasteiger partial charge in [-0.05, 0) is 67.0 Å². The molecule has 1 aliphatic rings. The summed E-state index contributed by atoms with van der Waals surface area (Å²) in [6.45, 7) is 5.32. The predicted molar refractivity (Wildman–Crippen MR) is 128 cm³/mol. The van der Waals surface area contributed by atoms with Crippen molar-refractivity contribution in [3.8, 4) is 0 Å². The van der Waals surface area contributed by atoms with E-state index in [9.17, 15) is 17.6 Å². The zero-order valence-electron chi connectivity index (χ0n) is 17.4. The molecule has 1 saturated carbocycles. The van der Waals surface area contributed by atoms with Crippen LogP contribution in [0, 0.1) is 16.3 Å². The number of aromatic nitrogens is 1. The van der Waals surface area contributed by atoms with E-state index < -0.39 is 20.6 Å². The molecule has 1 aromatic heterocycles. The summed E-state index contributed by atoms with van der Waals surface area (Å²) >= 11 is 2.02. The Morgan fingerprint density at radius 3 is 2.47 bits per heavy atom. The Kier molecular flexibility index (Phi) is 6.07. The predicted octanol–water partition coefficient (Wildman–Crippen LogP) is 4.08. The Bertz CT molecular complexity index is 1170. The molecule has 1 fully saturated rings. The summed E-state index contributed by atoms with van der Waals surface area (Å²) in [5, 5.41) is 0. The molecule has 1 heterocycles. The molecule has 1 aliphatic carbocycles. The maximum absolute atomic E-state index is 14.7. The number of benzene rings is 1. The number of sulfonamides is 1. The van der Waals surface area contributed by atoms with Gasteiger partial charge >= 0.3 is 0 Å². The summed E-state index contributed by atoms with van der Waals surface area (Å²) < 4.78 is 44.0. The van der Waals surface area contributed by atoms with Gasteiger partial charge in [0.25, 0.3) is 5.56 Å². The van der Waals surface area contributed by atoms with Crippen molar-refractivity contribution >= 4 is 49.7 Å². The van der Waals surface area contributed by atoms with E-state index in [0.717, 1.165) is 3.57 Å². The van der Waals surface area contributed by atoms with Crippen LogP contribution >= 0.6 is 22.6 Å². The molecule has 1 aromatic carbocycles. The third kappa shape index (κ3) is 3.66. The van der Waals surface area contributed by atoms with Gasteiger partial charge in [0, 0.05) is 36.5 Å². The molecule has 0 spiro atoms. The molecule has 0 N–H and O–H groups in total. The molecule has 0 radical (unpaired) electrons. The lowest BCUT2D eigenvalue weighted by atomic mass is 10.1. The molecule has 0 bridgehead atoms. The minimum Gasteiger partial charge on any atom is -0.340 e. The third-order valence-electron chi connectivity index (χ3n) is 5.73. The number of pyridine rings is 1. The summed E-state index contributed by atoms with van der Waals surface area (Å²) in [5.41, 5.74) is 1.01. The number of aryl methyl sites for hydroxylation is 1. The second-order valence-corrected chi connectivity index (χ2v) is 11.3. The topological polar surface area (TPSA) is 62.6 Å². The number of hydrogen-bond acceptors (Lipinski definition) is 4. The SMILES string of the molecule is C=CCC1(S(=O)(=O)N(C)c2cn(C)c(=O)c(C)c2N(C)c2ccc(I)cc2F)CC1. The summed E-state index contributed by atoms with van der Waals surface area (Å²) in [7, 11) is 0.974. The van der Waals surface area contributed by atoms with Crippen LogP contribution in [0.5, 0.6) is 0 Å². The van der Waals surface area contributed by atoms with Gasteiger partial charge in [-0.3, -0.25) is 9.10 Å². The second-order valence-electron chi connectivity index (χ2n) is 7.71. The highest BCUT2D eigenvalue weighted by atomic mass is 127. The molecule has 30 heavy (non-hydrogen) atoms. The third-order valence-corrected chi connectivity index (χ3v) is 8.99. The first-order valence-electron chi connectivity index (χ1n) is 9.45. The summed E-state index contributed by atoms with van der Waals surface area (Å²) in [4.78, 5) is 14.2. The van der Waals surface area contributed by atoms with Gasteiger partial charge in [-0.1, -0.05) is 6.08 Å². The highest BCUT2D eigenvalue weighted by Crippen LogP contribution is 2.50. The first-order valence-corrected chi connectivity index (χ1v) is 12.0. The van der Waals surface area contributed by atoms with Crippen LogP contribution in [0.25, 0.3) is 0 Å². The van der Waals surface area contributed by atoms with Gasteiger partial charge in [0.05, 0.1) is 21.8 Å². The highest BCUT2D eigenvalue weighted by Gasteiger charge is 2.55. The minimum absolute atomic E-state index is 0.256. The Labute approximate surface area is 190 Å². The monoisotopic (exact) mass is 545 g/mol. The van der Waals surface area contributed by atoms with Gasteiger partial charge in [0.15, 0.2) is 0 Å². The Morgan fingerprint density at radius 1 is 1.30 bits per heavy atom. The van der Waals surface area contributed by atoms with Gasteiger partial charge in [-0.25, -0.2) is 12.8 Å². The van der Waals surface area contributed by atoms with E-state index in [-0.39, 0.29) is 11.2 Å². The fourth-order valence-corrected chi connectivity index (χ4v) is 6.15. The van der Waals surface area contributed by atoms with E-state index in [1.807, 2.05) is 22.6 Å². The number of nitrogens with zero attached hydrogens (tertiary/aromatic N) is 3. The molecule has 0 aliphatic heterocycles. The lowest BCUT2D eigenvalue weighted by molar-refractivity contribution is 0.574. The van der Waals surface area contributed by atoms with E-state index >= 15 is 0 Å². The largest absolute Gasteiger partial charge is 0.340 e. The Balaban J connectivity index is 2.21. The molecule has 6 nitrogen and oxygen atoms in total. The van der Waals surface area contributed by atoms with Crippen LogP contribution in [0.2, 0.25) is 0 Å². The van der Waals surface area contributed by atoms with Crippen molar-refractivity contribution in [2.75, 3.05) is 23.3 Å². The number of anilines is 3. The van der Waals surface area contributed by atoms with Gasteiger partial charge in [-0.15, -0.1) is 6.58 Å². The molecular formula is C21H25FIN3O3S. The maximum atomic E-state index is 14.7. The second kappa shape index (κ2) is 7.99. The lowest BCUT2D eigenvalue weighted by Gasteiger charge is -2.31. The molecule has 0 unspecified atom stereocenters. The van der Waals surface area contributed by atoms with E-state index in [2.05, 4.69) is 6.58 Å². The molecular weight excluding hydrogens is 520 g/mol. The van der Waals surface area contributed by atoms with Crippen LogP contribution in [0.4, 0.5) is 21.5 Å². The van der Waals surface area contributed by atoms with Crippen molar-refractivity contribution in [2.45, 2.75) is 30.9 Å². The Hall–Kier alpha value is -1.88. The molecule has 0 atom stereocenters. The lowest BCUT2D eigenvalue weighted by Crippen LogP contribution is -2.39. The van der Waals surface area contributed by atoms with Gasteiger partial charge in [-0.2, -0.15) is 0 Å². The van der Waals surface area contributed by atoms with Crippen molar-refractivity contribution in [1.82, 2.24) is 4.57 Å². The number of hydrogen-bond donors (Lipinski definition) is 0. The van der Waals surface area contributed by atoms with E-state index in [1.165, 1.54) is 33.1 Å². The van der Waals surface area contributed by atoms with Gasteiger partial charge < -0.3 is 9.47 Å². The maximum Gasteiger partial charge on any atom is 0.255 e. The van der Waals surface area contributed by atoms with Crippen LogP contribution in [0.1, 0.15) is 24.8 Å². The average Bonchev–Trinajstić information content (AvgIpc) is 3.46. The van der Waals surface area contributed by atoms with E-state index in [0.29, 0.717) is 36.2 Å². The number of allylic oxidation sites excluding steroid dienone is 1. The van der Waals surface area contributed by atoms with E-state index in [1.54, 1.807) is 39.2 Å². The van der Waals surface area contributed by atoms with Crippen molar-refractivity contribution in [1.29, 1.82) is 0 Å². The zero-order valence-corrected chi connectivity index (χ0v) is 20.4. The summed E-state index contributed by atoms with van der Waals surface area (Å²) in [6, 6.07) is 4.77. The van der Waals surface area contributed by atoms with Crippen molar-refractivity contribution in [3.05, 3.63) is 62.4 Å². The van der Waals surface area contributed by atoms with Crippen molar-refractivity contribution in [2.24, 2.45) is 7.05 Å². The molecule has 0 amide bonds. The van der Waals surface area contributed by atoms with Crippen molar-refractivity contribution in [3.63, 3.8) is 0 Å². The van der Waals surface area contributed by atoms with Crippen LogP contribution < -0.4 is 14.8 Å². The minimum atomic E-state index is -3.72. The first-order chi connectivity index (χ1) is 14.0. The molecule has 2 aromatic rings. The summed E-state index contributed by atoms with van der Waals surface area (Å²) in [6.07, 6.45) is 4.60. The van der Waals surface area contributed by atoms with E-state index in [4.69, 9.17) is 0 Å². The number of halogens is 2. The fourth-order valence-electron chi connectivity index (χ4n) is 3.78. The summed E-state index contributed by atoms with van der Waals surface area (Å²) in [5.74, 6) is -0.453. The van der Waals surface area contributed by atoms with Crippen LogP contribution in [0.3, 0.4) is 0 Å². The molecule has 162 valence electrons. The average molecular weight is 545 g/mol. The van der Waals surface area contributed by atoms with Crippen LogP contribution in [-0.4, -0.2) is 31.8 Å².